The van der Waals surface area contributed by atoms with E-state index in [1.54, 1.807) is 30.5 Å². The molecule has 0 fully saturated rings. The molecular formula is C24H26N2O3. The minimum absolute atomic E-state index is 0.0372. The van der Waals surface area contributed by atoms with E-state index in [9.17, 15) is 9.90 Å². The second kappa shape index (κ2) is 9.24. The maximum absolute atomic E-state index is 13.1. The summed E-state index contributed by atoms with van der Waals surface area (Å²) in [6.45, 7) is 6.29. The first-order valence-electron chi connectivity index (χ1n) is 9.67. The van der Waals surface area contributed by atoms with Crippen molar-refractivity contribution in [1.29, 1.82) is 0 Å². The molecule has 0 atom stereocenters. The summed E-state index contributed by atoms with van der Waals surface area (Å²) in [4.78, 5) is 18.9. The van der Waals surface area contributed by atoms with Crippen molar-refractivity contribution in [3.8, 4) is 11.5 Å². The van der Waals surface area contributed by atoms with Gasteiger partial charge in [0.2, 0.25) is 0 Å². The molecule has 0 saturated carbocycles. The van der Waals surface area contributed by atoms with Gasteiger partial charge in [0.05, 0.1) is 17.9 Å². The van der Waals surface area contributed by atoms with Gasteiger partial charge >= 0.3 is 0 Å². The van der Waals surface area contributed by atoms with Gasteiger partial charge < -0.3 is 9.84 Å². The van der Waals surface area contributed by atoms with Gasteiger partial charge in [-0.1, -0.05) is 44.2 Å². The number of hydrogen-bond donors (Lipinski definition) is 1. The van der Waals surface area contributed by atoms with E-state index in [2.05, 4.69) is 18.8 Å². The van der Waals surface area contributed by atoms with Crippen molar-refractivity contribution in [2.24, 2.45) is 0 Å². The van der Waals surface area contributed by atoms with Crippen LogP contribution < -0.4 is 9.64 Å². The molecule has 5 heteroatoms. The second-order valence-electron chi connectivity index (χ2n) is 7.27. The number of pyridine rings is 1. The average Bonchev–Trinajstić information content (AvgIpc) is 2.71. The Balaban J connectivity index is 1.84. The fraction of sp³-hybridized carbons (Fsp3) is 0.250. The monoisotopic (exact) mass is 390 g/mol. The summed E-state index contributed by atoms with van der Waals surface area (Å²) in [5, 5.41) is 10.3. The molecule has 150 valence electrons. The van der Waals surface area contributed by atoms with Crippen molar-refractivity contribution in [1.82, 2.24) is 4.98 Å². The molecule has 0 radical (unpaired) electrons. The van der Waals surface area contributed by atoms with Crippen LogP contribution in [0, 0.1) is 6.92 Å². The lowest BCUT2D eigenvalue weighted by Crippen LogP contribution is -2.35. The molecule has 1 heterocycles. The number of ether oxygens (including phenoxy) is 1. The Morgan fingerprint density at radius 2 is 1.86 bits per heavy atom. The first-order valence-corrected chi connectivity index (χ1v) is 9.67. The van der Waals surface area contributed by atoms with Crippen LogP contribution in [-0.2, 0) is 11.3 Å². The maximum Gasteiger partial charge on any atom is 0.265 e. The summed E-state index contributed by atoms with van der Waals surface area (Å²) in [6.07, 6.45) is 1.68. The van der Waals surface area contributed by atoms with Crippen LogP contribution in [0.4, 0.5) is 5.69 Å². The number of hydrogen-bond acceptors (Lipinski definition) is 4. The lowest BCUT2D eigenvalue weighted by molar-refractivity contribution is -0.120. The number of rotatable bonds is 7. The molecule has 3 rings (SSSR count). The van der Waals surface area contributed by atoms with Crippen LogP contribution in [-0.4, -0.2) is 22.6 Å². The molecule has 1 N–H and O–H groups in total. The highest BCUT2D eigenvalue weighted by Crippen LogP contribution is 2.30. The number of carbonyl (C=O) groups excluding carboxylic acids is 1. The lowest BCUT2D eigenvalue weighted by Gasteiger charge is -2.24. The zero-order valence-electron chi connectivity index (χ0n) is 17.0. The SMILES string of the molecule is Cc1ccc(C(C)C)c(OCC(=O)N(Cc2ccccn2)c2ccccc2O)c1. The fourth-order valence-electron chi connectivity index (χ4n) is 3.11. The number of benzene rings is 2. The summed E-state index contributed by atoms with van der Waals surface area (Å²) in [6, 6.07) is 18.3. The van der Waals surface area contributed by atoms with Gasteiger partial charge in [-0.05, 0) is 54.3 Å². The van der Waals surface area contributed by atoms with Gasteiger partial charge in [0.1, 0.15) is 11.5 Å². The number of anilines is 1. The molecule has 0 bridgehead atoms. The van der Waals surface area contributed by atoms with Crippen LogP contribution in [0.1, 0.15) is 36.6 Å². The molecule has 0 spiro atoms. The van der Waals surface area contributed by atoms with Crippen LogP contribution in [0.15, 0.2) is 66.9 Å². The van der Waals surface area contributed by atoms with Gasteiger partial charge in [0.15, 0.2) is 6.61 Å². The molecule has 1 aromatic heterocycles. The fourth-order valence-corrected chi connectivity index (χ4v) is 3.11. The Bertz CT molecular complexity index is 971. The van der Waals surface area contributed by atoms with E-state index in [1.807, 2.05) is 43.3 Å². The first kappa shape index (κ1) is 20.4. The van der Waals surface area contributed by atoms with Crippen molar-refractivity contribution < 1.29 is 14.6 Å². The molecule has 0 saturated heterocycles. The molecule has 29 heavy (non-hydrogen) atoms. The highest BCUT2D eigenvalue weighted by molar-refractivity contribution is 5.95. The average molecular weight is 390 g/mol. The smallest absolute Gasteiger partial charge is 0.265 e. The Kier molecular flexibility index (Phi) is 6.50. The molecule has 1 amide bonds. The summed E-state index contributed by atoms with van der Waals surface area (Å²) in [5.74, 6) is 0.774. The third-order valence-corrected chi connectivity index (χ3v) is 4.66. The topological polar surface area (TPSA) is 62.7 Å². The van der Waals surface area contributed by atoms with Crippen molar-refractivity contribution >= 4 is 11.6 Å². The van der Waals surface area contributed by atoms with E-state index in [4.69, 9.17) is 4.74 Å². The normalized spacial score (nSPS) is 10.8. The third-order valence-electron chi connectivity index (χ3n) is 4.66. The number of aromatic hydroxyl groups is 1. The second-order valence-corrected chi connectivity index (χ2v) is 7.27. The van der Waals surface area contributed by atoms with Gasteiger partial charge in [-0.2, -0.15) is 0 Å². The van der Waals surface area contributed by atoms with E-state index in [-0.39, 0.29) is 30.7 Å². The van der Waals surface area contributed by atoms with E-state index in [0.29, 0.717) is 11.4 Å². The molecule has 0 aliphatic rings. The van der Waals surface area contributed by atoms with E-state index in [0.717, 1.165) is 16.8 Å². The van der Waals surface area contributed by atoms with Crippen LogP contribution in [0.3, 0.4) is 0 Å². The molecule has 0 unspecified atom stereocenters. The first-order chi connectivity index (χ1) is 14.0. The summed E-state index contributed by atoms with van der Waals surface area (Å²) in [7, 11) is 0. The number of aromatic nitrogens is 1. The highest BCUT2D eigenvalue weighted by Gasteiger charge is 2.21. The predicted molar refractivity (Wildman–Crippen MR) is 114 cm³/mol. The number of amides is 1. The highest BCUT2D eigenvalue weighted by atomic mass is 16.5. The van der Waals surface area contributed by atoms with Crippen molar-refractivity contribution in [2.45, 2.75) is 33.2 Å². The summed E-state index contributed by atoms with van der Waals surface area (Å²) < 4.78 is 5.93. The maximum atomic E-state index is 13.1. The molecule has 0 aliphatic heterocycles. The van der Waals surface area contributed by atoms with Crippen LogP contribution in [0.5, 0.6) is 11.5 Å². The van der Waals surface area contributed by atoms with Crippen molar-refractivity contribution in [2.75, 3.05) is 11.5 Å². The van der Waals surface area contributed by atoms with Gasteiger partial charge in [0.25, 0.3) is 5.91 Å². The van der Waals surface area contributed by atoms with Gasteiger partial charge in [-0.25, -0.2) is 0 Å². The molecule has 5 nitrogen and oxygen atoms in total. The van der Waals surface area contributed by atoms with Gasteiger partial charge in [-0.15, -0.1) is 0 Å². The largest absolute Gasteiger partial charge is 0.506 e. The number of carbonyl (C=O) groups is 1. The lowest BCUT2D eigenvalue weighted by atomic mass is 10.0. The Morgan fingerprint density at radius 3 is 2.55 bits per heavy atom. The number of aryl methyl sites for hydroxylation is 1. The van der Waals surface area contributed by atoms with Crippen LogP contribution in [0.25, 0.3) is 0 Å². The van der Waals surface area contributed by atoms with Gasteiger partial charge in [-0.3, -0.25) is 14.7 Å². The van der Waals surface area contributed by atoms with E-state index in [1.165, 1.54) is 4.90 Å². The zero-order valence-corrected chi connectivity index (χ0v) is 17.0. The standard InChI is InChI=1S/C24H26N2O3/c1-17(2)20-12-11-18(3)14-23(20)29-16-24(28)26(15-19-8-6-7-13-25-19)21-9-4-5-10-22(21)27/h4-14,17,27H,15-16H2,1-3H3. The molecule has 0 aliphatic carbocycles. The number of phenolic OH excluding ortho intramolecular Hbond substituents is 1. The number of nitrogens with zero attached hydrogens (tertiary/aromatic N) is 2. The molecule has 3 aromatic rings. The number of phenols is 1. The van der Waals surface area contributed by atoms with Crippen LogP contribution >= 0.6 is 0 Å². The molecular weight excluding hydrogens is 364 g/mol. The van der Waals surface area contributed by atoms with Crippen molar-refractivity contribution in [3.63, 3.8) is 0 Å². The van der Waals surface area contributed by atoms with Crippen LogP contribution in [0.2, 0.25) is 0 Å². The predicted octanol–water partition coefficient (Wildman–Crippen LogP) is 4.83. The zero-order chi connectivity index (χ0) is 20.8. The minimum atomic E-state index is -0.256. The number of para-hydroxylation sites is 2. The Labute approximate surface area is 171 Å². The Morgan fingerprint density at radius 1 is 1.10 bits per heavy atom. The molecule has 2 aromatic carbocycles. The van der Waals surface area contributed by atoms with Crippen molar-refractivity contribution in [3.05, 3.63) is 83.7 Å². The Hall–Kier alpha value is -3.34. The minimum Gasteiger partial charge on any atom is -0.506 e. The quantitative estimate of drug-likeness (QED) is 0.628. The summed E-state index contributed by atoms with van der Waals surface area (Å²) in [5.41, 5.74) is 3.28. The van der Waals surface area contributed by atoms with Gasteiger partial charge in [0, 0.05) is 6.20 Å². The van der Waals surface area contributed by atoms with E-state index >= 15 is 0 Å². The summed E-state index contributed by atoms with van der Waals surface area (Å²) >= 11 is 0. The van der Waals surface area contributed by atoms with E-state index < -0.39 is 0 Å². The third kappa shape index (κ3) is 5.13.